The van der Waals surface area contributed by atoms with Crippen molar-refractivity contribution in [3.8, 4) is 11.8 Å². The molecular weight excluding hydrogens is 422 g/mol. The van der Waals surface area contributed by atoms with Crippen molar-refractivity contribution < 1.29 is 19.8 Å². The Bertz CT molecular complexity index is 1000. The number of hydrogen-bond acceptors (Lipinski definition) is 4. The highest BCUT2D eigenvalue weighted by Gasteiger charge is 2.28. The highest BCUT2D eigenvalue weighted by Crippen LogP contribution is 2.21. The molecule has 3 rings (SSSR count). The van der Waals surface area contributed by atoms with E-state index in [4.69, 9.17) is 5.11 Å². The predicted octanol–water partition coefficient (Wildman–Crippen LogP) is 4.36. The van der Waals surface area contributed by atoms with Crippen LogP contribution in [-0.4, -0.2) is 45.7 Å². The van der Waals surface area contributed by atoms with Crippen LogP contribution in [0, 0.1) is 17.8 Å². The van der Waals surface area contributed by atoms with Gasteiger partial charge in [0.25, 0.3) is 0 Å². The molecule has 0 spiro atoms. The molecule has 0 radical (unpaired) electrons. The van der Waals surface area contributed by atoms with Crippen LogP contribution in [0.3, 0.4) is 0 Å². The SMILES string of the molecule is C[C@@H](CCCc1ccccc1)[C@H](O)C=C[C@H]1CCC(=O)N1CC#Cc1ccc(C(=O)O)s1. The molecule has 0 bridgehead atoms. The van der Waals surface area contributed by atoms with Gasteiger partial charge in [-0.15, -0.1) is 11.3 Å². The second-order valence-corrected chi connectivity index (χ2v) is 9.21. The summed E-state index contributed by atoms with van der Waals surface area (Å²) in [5.41, 5.74) is 1.31. The zero-order valence-electron chi connectivity index (χ0n) is 18.2. The maximum atomic E-state index is 12.3. The molecule has 3 atom stereocenters. The third-order valence-corrected chi connectivity index (χ3v) is 6.72. The van der Waals surface area contributed by atoms with E-state index in [9.17, 15) is 14.7 Å². The molecule has 6 heteroatoms. The third-order valence-electron chi connectivity index (χ3n) is 5.73. The first-order valence-corrected chi connectivity index (χ1v) is 11.8. The number of aliphatic hydroxyl groups is 1. The van der Waals surface area contributed by atoms with Crippen LogP contribution in [-0.2, 0) is 11.2 Å². The van der Waals surface area contributed by atoms with Crippen molar-refractivity contribution in [3.05, 3.63) is 69.9 Å². The molecule has 1 aromatic carbocycles. The maximum Gasteiger partial charge on any atom is 0.345 e. The summed E-state index contributed by atoms with van der Waals surface area (Å²) >= 11 is 1.12. The lowest BCUT2D eigenvalue weighted by atomic mass is 9.95. The number of likely N-dealkylation sites (tertiary alicyclic amines) is 1. The number of hydrogen-bond donors (Lipinski definition) is 2. The molecule has 2 aromatic rings. The number of aliphatic hydroxyl groups excluding tert-OH is 1. The van der Waals surface area contributed by atoms with Gasteiger partial charge in [0.05, 0.1) is 23.6 Å². The number of carboxylic acids is 1. The lowest BCUT2D eigenvalue weighted by Gasteiger charge is -2.21. The van der Waals surface area contributed by atoms with Gasteiger partial charge in [-0.3, -0.25) is 4.79 Å². The molecule has 0 unspecified atom stereocenters. The van der Waals surface area contributed by atoms with Crippen molar-refractivity contribution in [2.24, 2.45) is 5.92 Å². The van der Waals surface area contributed by atoms with E-state index in [-0.39, 0.29) is 29.3 Å². The van der Waals surface area contributed by atoms with Gasteiger partial charge in [0.15, 0.2) is 0 Å². The Morgan fingerprint density at radius 1 is 1.28 bits per heavy atom. The molecule has 2 N–H and O–H groups in total. The van der Waals surface area contributed by atoms with Gasteiger partial charge < -0.3 is 15.1 Å². The lowest BCUT2D eigenvalue weighted by Crippen LogP contribution is -2.32. The van der Waals surface area contributed by atoms with E-state index in [0.717, 1.165) is 30.6 Å². The molecule has 1 aliphatic rings. The lowest BCUT2D eigenvalue weighted by molar-refractivity contribution is -0.127. The van der Waals surface area contributed by atoms with Gasteiger partial charge in [-0.1, -0.05) is 61.2 Å². The number of aromatic carboxylic acids is 1. The summed E-state index contributed by atoms with van der Waals surface area (Å²) in [6, 6.07) is 13.5. The minimum Gasteiger partial charge on any atom is -0.477 e. The zero-order chi connectivity index (χ0) is 22.9. The molecule has 0 saturated carbocycles. The van der Waals surface area contributed by atoms with Crippen molar-refractivity contribution in [2.75, 3.05) is 6.54 Å². The Balaban J connectivity index is 1.49. The van der Waals surface area contributed by atoms with Gasteiger partial charge in [0.1, 0.15) is 4.88 Å². The third kappa shape index (κ3) is 6.81. The number of aryl methyl sites for hydroxylation is 1. The number of rotatable bonds is 9. The maximum absolute atomic E-state index is 12.3. The average Bonchev–Trinajstić information content (AvgIpc) is 3.40. The van der Waals surface area contributed by atoms with Crippen LogP contribution >= 0.6 is 11.3 Å². The van der Waals surface area contributed by atoms with Crippen LogP contribution in [0.4, 0.5) is 0 Å². The van der Waals surface area contributed by atoms with Crippen molar-refractivity contribution in [3.63, 3.8) is 0 Å². The Kier molecular flexibility index (Phi) is 8.66. The van der Waals surface area contributed by atoms with Gasteiger partial charge in [-0.05, 0) is 49.3 Å². The van der Waals surface area contributed by atoms with Crippen molar-refractivity contribution in [1.82, 2.24) is 4.90 Å². The Labute approximate surface area is 193 Å². The Morgan fingerprint density at radius 2 is 2.06 bits per heavy atom. The summed E-state index contributed by atoms with van der Waals surface area (Å²) in [6.07, 6.45) is 7.34. The van der Waals surface area contributed by atoms with Crippen LogP contribution in [0.15, 0.2) is 54.6 Å². The molecule has 1 aromatic heterocycles. The van der Waals surface area contributed by atoms with Gasteiger partial charge in [-0.2, -0.15) is 0 Å². The molecule has 2 heterocycles. The summed E-state index contributed by atoms with van der Waals surface area (Å²) in [7, 11) is 0. The molecule has 1 saturated heterocycles. The molecule has 168 valence electrons. The minimum atomic E-state index is -0.962. The Hall–Kier alpha value is -2.88. The summed E-state index contributed by atoms with van der Waals surface area (Å²) < 4.78 is 0. The quantitative estimate of drug-likeness (QED) is 0.439. The van der Waals surface area contributed by atoms with E-state index in [1.807, 2.05) is 30.4 Å². The van der Waals surface area contributed by atoms with Gasteiger partial charge in [0.2, 0.25) is 5.91 Å². The molecule has 1 aliphatic heterocycles. The first-order valence-electron chi connectivity index (χ1n) is 11.0. The smallest absolute Gasteiger partial charge is 0.345 e. The largest absolute Gasteiger partial charge is 0.477 e. The van der Waals surface area contributed by atoms with Crippen molar-refractivity contribution in [1.29, 1.82) is 0 Å². The monoisotopic (exact) mass is 451 g/mol. The highest BCUT2D eigenvalue weighted by molar-refractivity contribution is 7.14. The zero-order valence-corrected chi connectivity index (χ0v) is 19.1. The summed E-state index contributed by atoms with van der Waals surface area (Å²) in [4.78, 5) is 25.9. The van der Waals surface area contributed by atoms with E-state index in [1.54, 1.807) is 11.0 Å². The van der Waals surface area contributed by atoms with Crippen molar-refractivity contribution in [2.45, 2.75) is 51.2 Å². The summed E-state index contributed by atoms with van der Waals surface area (Å²) in [5, 5.41) is 19.5. The summed E-state index contributed by atoms with van der Waals surface area (Å²) in [6.45, 7) is 2.34. The molecule has 32 heavy (non-hydrogen) atoms. The van der Waals surface area contributed by atoms with E-state index in [2.05, 4.69) is 30.9 Å². The number of carbonyl (C=O) groups is 2. The fourth-order valence-corrected chi connectivity index (χ4v) is 4.49. The second-order valence-electron chi connectivity index (χ2n) is 8.13. The number of nitrogens with zero attached hydrogens (tertiary/aromatic N) is 1. The number of carboxylic acid groups (broad SMARTS) is 1. The van der Waals surface area contributed by atoms with Crippen molar-refractivity contribution >= 4 is 23.2 Å². The fraction of sp³-hybridized carbons (Fsp3) is 0.385. The number of carbonyl (C=O) groups excluding carboxylic acids is 1. The van der Waals surface area contributed by atoms with E-state index in [1.165, 1.54) is 11.6 Å². The van der Waals surface area contributed by atoms with Crippen LogP contribution in [0.5, 0.6) is 0 Å². The normalized spacial score (nSPS) is 17.9. The molecular formula is C26H29NO4S. The number of thiophene rings is 1. The fourth-order valence-electron chi connectivity index (χ4n) is 3.77. The van der Waals surface area contributed by atoms with Gasteiger partial charge >= 0.3 is 5.97 Å². The topological polar surface area (TPSA) is 77.8 Å². The van der Waals surface area contributed by atoms with E-state index < -0.39 is 12.1 Å². The van der Waals surface area contributed by atoms with E-state index >= 15 is 0 Å². The van der Waals surface area contributed by atoms with Gasteiger partial charge in [-0.25, -0.2) is 4.79 Å². The molecule has 5 nitrogen and oxygen atoms in total. The van der Waals surface area contributed by atoms with E-state index in [0.29, 0.717) is 17.7 Å². The average molecular weight is 452 g/mol. The Morgan fingerprint density at radius 3 is 2.78 bits per heavy atom. The predicted molar refractivity (Wildman–Crippen MR) is 127 cm³/mol. The number of amides is 1. The standard InChI is InChI=1S/C26H29NO4S/c1-19(7-5-10-20-8-3-2-4-9-20)23(28)15-12-21-13-17-25(29)27(21)18-6-11-22-14-16-24(32-22)26(30)31/h2-4,8-9,12,14-16,19,21,23,28H,5,7,10,13,17-18H2,1H3,(H,30,31)/t19-,21-,23+/m0/s1. The minimum absolute atomic E-state index is 0.0525. The van der Waals surface area contributed by atoms with Crippen LogP contribution in [0.2, 0.25) is 0 Å². The molecule has 1 fully saturated rings. The molecule has 1 amide bonds. The number of benzene rings is 1. The van der Waals surface area contributed by atoms with Crippen LogP contribution in [0.25, 0.3) is 0 Å². The van der Waals surface area contributed by atoms with Crippen LogP contribution in [0.1, 0.15) is 52.7 Å². The first kappa shape index (κ1) is 23.8. The molecule has 0 aliphatic carbocycles. The highest BCUT2D eigenvalue weighted by atomic mass is 32.1. The summed E-state index contributed by atoms with van der Waals surface area (Å²) in [5.74, 6) is 5.16. The van der Waals surface area contributed by atoms with Crippen LogP contribution < -0.4 is 0 Å². The first-order chi connectivity index (χ1) is 15.4. The second kappa shape index (κ2) is 11.7. The van der Waals surface area contributed by atoms with Gasteiger partial charge in [0, 0.05) is 6.42 Å².